The van der Waals surface area contributed by atoms with Gasteiger partial charge in [-0.3, -0.25) is 4.79 Å². The predicted octanol–water partition coefficient (Wildman–Crippen LogP) is 2.45. The molecule has 0 spiro atoms. The highest BCUT2D eigenvalue weighted by Crippen LogP contribution is 2.42. The molecule has 1 aliphatic carbocycles. The summed E-state index contributed by atoms with van der Waals surface area (Å²) < 4.78 is 0. The van der Waals surface area contributed by atoms with Crippen LogP contribution in [0.15, 0.2) is 30.3 Å². The fraction of sp³-hybridized carbons (Fsp3) is 0.533. The summed E-state index contributed by atoms with van der Waals surface area (Å²) >= 11 is 0. The molecule has 1 saturated carbocycles. The monoisotopic (exact) mass is 247 g/mol. The Morgan fingerprint density at radius 1 is 1.33 bits per heavy atom. The van der Waals surface area contributed by atoms with Gasteiger partial charge in [0, 0.05) is 6.54 Å². The molecule has 0 aromatic heterocycles. The first kappa shape index (κ1) is 13.1. The number of hydrogen-bond donors (Lipinski definition) is 2. The van der Waals surface area contributed by atoms with E-state index in [0.29, 0.717) is 0 Å². The lowest BCUT2D eigenvalue weighted by Crippen LogP contribution is -2.47. The number of carbonyl (C=O) groups is 1. The van der Waals surface area contributed by atoms with Gasteiger partial charge in [0.05, 0.1) is 5.41 Å². The predicted molar refractivity (Wildman–Crippen MR) is 71.2 cm³/mol. The van der Waals surface area contributed by atoms with Gasteiger partial charge in [-0.1, -0.05) is 43.2 Å². The minimum absolute atomic E-state index is 0.163. The third-order valence-electron chi connectivity index (χ3n) is 4.32. The van der Waals surface area contributed by atoms with Crippen LogP contribution < -0.4 is 5.73 Å². The van der Waals surface area contributed by atoms with E-state index in [9.17, 15) is 9.90 Å². The van der Waals surface area contributed by atoms with Crippen molar-refractivity contribution in [3.05, 3.63) is 35.9 Å². The quantitative estimate of drug-likeness (QED) is 0.859. The van der Waals surface area contributed by atoms with E-state index in [1.54, 1.807) is 0 Å². The van der Waals surface area contributed by atoms with Gasteiger partial charge in [0.25, 0.3) is 0 Å². The Morgan fingerprint density at radius 2 is 2.06 bits per heavy atom. The van der Waals surface area contributed by atoms with E-state index in [1.807, 2.05) is 18.2 Å². The summed E-state index contributed by atoms with van der Waals surface area (Å²) in [5.41, 5.74) is 6.30. The molecule has 3 heteroatoms. The van der Waals surface area contributed by atoms with E-state index in [1.165, 1.54) is 5.56 Å². The number of hydrogen-bond acceptors (Lipinski definition) is 2. The molecule has 0 saturated heterocycles. The van der Waals surface area contributed by atoms with Crippen LogP contribution in [0.25, 0.3) is 0 Å². The summed E-state index contributed by atoms with van der Waals surface area (Å²) in [5, 5.41) is 9.56. The molecule has 1 aromatic carbocycles. The van der Waals surface area contributed by atoms with Crippen LogP contribution in [-0.4, -0.2) is 17.6 Å². The molecule has 0 radical (unpaired) electrons. The van der Waals surface area contributed by atoms with Crippen LogP contribution >= 0.6 is 0 Å². The van der Waals surface area contributed by atoms with Gasteiger partial charge in [-0.05, 0) is 30.7 Å². The van der Waals surface area contributed by atoms with Crippen LogP contribution in [0.3, 0.4) is 0 Å². The molecule has 1 aliphatic rings. The lowest BCUT2D eigenvalue weighted by Gasteiger charge is -2.40. The Labute approximate surface area is 108 Å². The lowest BCUT2D eigenvalue weighted by atomic mass is 9.64. The normalized spacial score (nSPS) is 27.9. The topological polar surface area (TPSA) is 63.3 Å². The van der Waals surface area contributed by atoms with E-state index in [2.05, 4.69) is 12.1 Å². The zero-order chi connectivity index (χ0) is 13.0. The van der Waals surface area contributed by atoms with Crippen molar-refractivity contribution in [2.24, 2.45) is 17.1 Å². The third kappa shape index (κ3) is 2.41. The molecule has 0 amide bonds. The van der Waals surface area contributed by atoms with Crippen molar-refractivity contribution in [1.29, 1.82) is 0 Å². The summed E-state index contributed by atoms with van der Waals surface area (Å²) in [6.07, 6.45) is 4.61. The molecule has 0 bridgehead atoms. The second-order valence-electron chi connectivity index (χ2n) is 5.30. The van der Waals surface area contributed by atoms with Crippen LogP contribution in [0, 0.1) is 11.3 Å². The summed E-state index contributed by atoms with van der Waals surface area (Å²) in [6, 6.07) is 10.1. The Morgan fingerprint density at radius 3 is 2.67 bits per heavy atom. The van der Waals surface area contributed by atoms with Crippen molar-refractivity contribution in [2.45, 2.75) is 32.1 Å². The minimum atomic E-state index is -0.717. The van der Waals surface area contributed by atoms with Crippen LogP contribution in [0.5, 0.6) is 0 Å². The smallest absolute Gasteiger partial charge is 0.311 e. The first-order chi connectivity index (χ1) is 8.69. The average Bonchev–Trinajstić information content (AvgIpc) is 2.40. The fourth-order valence-corrected chi connectivity index (χ4v) is 3.15. The molecule has 18 heavy (non-hydrogen) atoms. The Balaban J connectivity index is 2.20. The molecule has 2 rings (SSSR count). The van der Waals surface area contributed by atoms with Crippen LogP contribution in [-0.2, 0) is 11.2 Å². The molecule has 1 fully saturated rings. The van der Waals surface area contributed by atoms with Crippen LogP contribution in [0.1, 0.15) is 31.2 Å². The standard InChI is InChI=1S/C15H21NO2/c16-11-15(14(17)18)9-5-4-8-13(15)10-12-6-2-1-3-7-12/h1-3,6-7,13H,4-5,8-11,16H2,(H,17,18)/t13-,15-/m0/s1. The Bertz CT molecular complexity index is 404. The first-order valence-electron chi connectivity index (χ1n) is 6.66. The highest BCUT2D eigenvalue weighted by molar-refractivity contribution is 5.75. The van der Waals surface area contributed by atoms with Gasteiger partial charge in [0.1, 0.15) is 0 Å². The highest BCUT2D eigenvalue weighted by atomic mass is 16.4. The molecule has 3 nitrogen and oxygen atoms in total. The Hall–Kier alpha value is -1.35. The van der Waals surface area contributed by atoms with Crippen molar-refractivity contribution < 1.29 is 9.90 Å². The second kappa shape index (κ2) is 5.53. The van der Waals surface area contributed by atoms with Gasteiger partial charge in [-0.15, -0.1) is 0 Å². The summed E-state index contributed by atoms with van der Waals surface area (Å²) in [7, 11) is 0. The summed E-state index contributed by atoms with van der Waals surface area (Å²) in [5.74, 6) is -0.554. The maximum absolute atomic E-state index is 11.6. The number of benzene rings is 1. The molecule has 98 valence electrons. The molecule has 1 aromatic rings. The van der Waals surface area contributed by atoms with E-state index >= 15 is 0 Å². The zero-order valence-corrected chi connectivity index (χ0v) is 10.6. The van der Waals surface area contributed by atoms with Gasteiger partial charge in [-0.25, -0.2) is 0 Å². The number of aliphatic carboxylic acids is 1. The number of carboxylic acid groups (broad SMARTS) is 1. The molecule has 0 heterocycles. The van der Waals surface area contributed by atoms with Crippen LogP contribution in [0.4, 0.5) is 0 Å². The zero-order valence-electron chi connectivity index (χ0n) is 10.6. The SMILES string of the molecule is NC[C@@]1(C(=O)O)CCCC[C@H]1Cc1ccccc1. The van der Waals surface area contributed by atoms with Gasteiger partial charge < -0.3 is 10.8 Å². The van der Waals surface area contributed by atoms with Gasteiger partial charge in [-0.2, -0.15) is 0 Å². The highest BCUT2D eigenvalue weighted by Gasteiger charge is 2.45. The van der Waals surface area contributed by atoms with Crippen molar-refractivity contribution in [3.8, 4) is 0 Å². The van der Waals surface area contributed by atoms with E-state index < -0.39 is 11.4 Å². The number of nitrogens with two attached hydrogens (primary N) is 1. The first-order valence-corrected chi connectivity index (χ1v) is 6.66. The summed E-state index contributed by atoms with van der Waals surface area (Å²) in [4.78, 5) is 11.6. The third-order valence-corrected chi connectivity index (χ3v) is 4.32. The minimum Gasteiger partial charge on any atom is -0.481 e. The number of carboxylic acids is 1. The lowest BCUT2D eigenvalue weighted by molar-refractivity contribution is -0.154. The van der Waals surface area contributed by atoms with E-state index in [4.69, 9.17) is 5.73 Å². The molecule has 0 unspecified atom stereocenters. The maximum atomic E-state index is 11.6. The molecule has 2 atom stereocenters. The van der Waals surface area contributed by atoms with E-state index in [0.717, 1.165) is 32.1 Å². The molecular weight excluding hydrogens is 226 g/mol. The van der Waals surface area contributed by atoms with Crippen molar-refractivity contribution in [2.75, 3.05) is 6.54 Å². The molecule has 3 N–H and O–H groups in total. The van der Waals surface area contributed by atoms with Gasteiger partial charge in [0.15, 0.2) is 0 Å². The number of rotatable bonds is 4. The van der Waals surface area contributed by atoms with Crippen molar-refractivity contribution >= 4 is 5.97 Å². The van der Waals surface area contributed by atoms with Gasteiger partial charge in [0.2, 0.25) is 0 Å². The summed E-state index contributed by atoms with van der Waals surface area (Å²) in [6.45, 7) is 0.250. The Kier molecular flexibility index (Phi) is 4.02. The maximum Gasteiger partial charge on any atom is 0.311 e. The van der Waals surface area contributed by atoms with Crippen LogP contribution in [0.2, 0.25) is 0 Å². The van der Waals surface area contributed by atoms with E-state index in [-0.39, 0.29) is 12.5 Å². The largest absolute Gasteiger partial charge is 0.481 e. The van der Waals surface area contributed by atoms with Crippen molar-refractivity contribution in [3.63, 3.8) is 0 Å². The molecule has 0 aliphatic heterocycles. The molecular formula is C15H21NO2. The van der Waals surface area contributed by atoms with Gasteiger partial charge >= 0.3 is 5.97 Å². The average molecular weight is 247 g/mol. The van der Waals surface area contributed by atoms with Crippen molar-refractivity contribution in [1.82, 2.24) is 0 Å². The second-order valence-corrected chi connectivity index (χ2v) is 5.30. The fourth-order valence-electron chi connectivity index (χ4n) is 3.15.